The van der Waals surface area contributed by atoms with E-state index in [1.165, 1.54) is 10.6 Å². The molecule has 3 rings (SSSR count). The highest BCUT2D eigenvalue weighted by Crippen LogP contribution is 2.44. The number of carbonyl (C=O) groups is 1. The number of benzene rings is 1. The number of carbonyl (C=O) groups excluding carboxylic acids is 1. The van der Waals surface area contributed by atoms with Crippen molar-refractivity contribution in [3.63, 3.8) is 0 Å². The van der Waals surface area contributed by atoms with Crippen molar-refractivity contribution in [3.8, 4) is 5.75 Å². The zero-order valence-corrected chi connectivity index (χ0v) is 15.5. The predicted octanol–water partition coefficient (Wildman–Crippen LogP) is 3.67. The predicted molar refractivity (Wildman–Crippen MR) is 94.0 cm³/mol. The highest BCUT2D eigenvalue weighted by molar-refractivity contribution is 5.92. The van der Waals surface area contributed by atoms with Crippen molar-refractivity contribution in [1.29, 1.82) is 0 Å². The monoisotopic (exact) mass is 421 g/mol. The van der Waals surface area contributed by atoms with Gasteiger partial charge in [-0.1, -0.05) is 0 Å². The van der Waals surface area contributed by atoms with Crippen LogP contribution in [0.1, 0.15) is 32.6 Å². The molecule has 0 unspecified atom stereocenters. The van der Waals surface area contributed by atoms with Gasteiger partial charge in [-0.2, -0.15) is 8.78 Å². The molecule has 1 amide bonds. The molecule has 0 spiro atoms. The van der Waals surface area contributed by atoms with Crippen LogP contribution in [-0.4, -0.2) is 46.1 Å². The van der Waals surface area contributed by atoms with E-state index in [9.17, 15) is 31.9 Å². The molecule has 1 heterocycles. The number of imidazole rings is 1. The lowest BCUT2D eigenvalue weighted by Crippen LogP contribution is -2.41. The molecule has 160 valence electrons. The Morgan fingerprint density at radius 1 is 1.38 bits per heavy atom. The Labute approximate surface area is 162 Å². The first kappa shape index (κ1) is 21.3. The Kier molecular flexibility index (Phi) is 5.70. The summed E-state index contributed by atoms with van der Waals surface area (Å²) in [5.41, 5.74) is -3.17. The lowest BCUT2D eigenvalue weighted by Gasteiger charge is -2.41. The van der Waals surface area contributed by atoms with Crippen molar-refractivity contribution >= 4 is 22.9 Å². The lowest BCUT2D eigenvalue weighted by atomic mass is 9.78. The molecule has 0 aliphatic heterocycles. The van der Waals surface area contributed by atoms with Gasteiger partial charge in [-0.25, -0.2) is 18.2 Å². The van der Waals surface area contributed by atoms with Gasteiger partial charge < -0.3 is 14.4 Å². The van der Waals surface area contributed by atoms with Crippen LogP contribution >= 0.6 is 0 Å². The third kappa shape index (κ3) is 4.00. The zero-order valence-electron chi connectivity index (χ0n) is 15.5. The van der Waals surface area contributed by atoms with Gasteiger partial charge >= 0.3 is 6.61 Å². The van der Waals surface area contributed by atoms with Gasteiger partial charge in [0.25, 0.3) is 0 Å². The van der Waals surface area contributed by atoms with Crippen LogP contribution in [0.3, 0.4) is 0 Å². The molecule has 1 saturated carbocycles. The average molecular weight is 421 g/mol. The summed E-state index contributed by atoms with van der Waals surface area (Å²) >= 11 is 0. The summed E-state index contributed by atoms with van der Waals surface area (Å²) in [6.45, 7) is -4.37. The van der Waals surface area contributed by atoms with Crippen LogP contribution in [0.25, 0.3) is 11.0 Å². The van der Waals surface area contributed by atoms with E-state index >= 15 is 0 Å². The first-order chi connectivity index (χ1) is 13.6. The van der Waals surface area contributed by atoms with Crippen LogP contribution in [0, 0.1) is 5.82 Å². The molecule has 1 aliphatic rings. The molecule has 0 atom stereocenters. The molecular formula is C18H20F5N3O3. The maximum atomic E-state index is 14.9. The zero-order chi connectivity index (χ0) is 21.4. The van der Waals surface area contributed by atoms with Gasteiger partial charge in [-0.3, -0.25) is 10.1 Å². The van der Waals surface area contributed by atoms with Crippen molar-refractivity contribution in [2.45, 2.75) is 50.4 Å². The van der Waals surface area contributed by atoms with Crippen molar-refractivity contribution in [3.05, 3.63) is 17.9 Å². The fourth-order valence-corrected chi connectivity index (χ4v) is 3.42. The van der Waals surface area contributed by atoms with Crippen LogP contribution in [0.15, 0.2) is 12.1 Å². The Morgan fingerprint density at radius 2 is 2.03 bits per heavy atom. The molecule has 2 N–H and O–H groups in total. The van der Waals surface area contributed by atoms with Crippen LogP contribution in [-0.2, 0) is 10.3 Å². The molecular weight excluding hydrogens is 401 g/mol. The second kappa shape index (κ2) is 7.77. The SMILES string of the molecule is CC1(n2c(NC(=O)CC(O)(CF)CF)nc3ccc(OC(F)F)c(F)c32)CCC1. The van der Waals surface area contributed by atoms with E-state index < -0.39 is 55.0 Å². The van der Waals surface area contributed by atoms with E-state index in [2.05, 4.69) is 15.0 Å². The number of alkyl halides is 4. The summed E-state index contributed by atoms with van der Waals surface area (Å²) in [6, 6.07) is 2.27. The van der Waals surface area contributed by atoms with E-state index in [4.69, 9.17) is 0 Å². The normalized spacial score (nSPS) is 16.1. The number of amides is 1. The molecule has 0 saturated heterocycles. The van der Waals surface area contributed by atoms with Gasteiger partial charge in [0.15, 0.2) is 11.6 Å². The molecule has 11 heteroatoms. The number of aliphatic hydroxyl groups is 1. The molecule has 6 nitrogen and oxygen atoms in total. The van der Waals surface area contributed by atoms with E-state index in [-0.39, 0.29) is 17.0 Å². The maximum absolute atomic E-state index is 14.9. The molecule has 1 aliphatic carbocycles. The number of nitrogens with one attached hydrogen (secondary N) is 1. The van der Waals surface area contributed by atoms with Gasteiger partial charge in [-0.05, 0) is 38.3 Å². The van der Waals surface area contributed by atoms with Crippen LogP contribution in [0.2, 0.25) is 0 Å². The van der Waals surface area contributed by atoms with E-state index in [0.717, 1.165) is 12.5 Å². The fourth-order valence-electron chi connectivity index (χ4n) is 3.42. The number of halogens is 5. The van der Waals surface area contributed by atoms with Crippen LogP contribution in [0.5, 0.6) is 5.75 Å². The minimum atomic E-state index is -3.23. The van der Waals surface area contributed by atoms with Crippen molar-refractivity contribution < 1.29 is 36.6 Å². The Hall–Kier alpha value is -2.43. The standard InChI is InChI=1S/C18H20F5N3O3/c1-17(5-2-6-17)26-14-10(3-4-11(13(14)21)29-15(22)23)24-16(26)25-12(27)7-18(28,8-19)9-20/h3-4,15,28H,2,5-9H2,1H3,(H,24,25,27). The number of aromatic nitrogens is 2. The van der Waals surface area contributed by atoms with Crippen molar-refractivity contribution in [2.75, 3.05) is 18.7 Å². The second-order valence-corrected chi connectivity index (χ2v) is 7.46. The number of hydrogen-bond donors (Lipinski definition) is 2. The number of nitrogens with zero attached hydrogens (tertiary/aromatic N) is 2. The van der Waals surface area contributed by atoms with E-state index in [0.29, 0.717) is 12.8 Å². The first-order valence-corrected chi connectivity index (χ1v) is 8.93. The summed E-state index contributed by atoms with van der Waals surface area (Å²) in [7, 11) is 0. The fraction of sp³-hybridized carbons (Fsp3) is 0.556. The van der Waals surface area contributed by atoms with Gasteiger partial charge in [-0.15, -0.1) is 0 Å². The average Bonchev–Trinajstić information content (AvgIpc) is 3.00. The number of hydrogen-bond acceptors (Lipinski definition) is 4. The smallest absolute Gasteiger partial charge is 0.387 e. The quantitative estimate of drug-likeness (QED) is 0.638. The third-order valence-electron chi connectivity index (χ3n) is 5.15. The number of anilines is 1. The summed E-state index contributed by atoms with van der Waals surface area (Å²) < 4.78 is 71.3. The Bertz CT molecular complexity index is 910. The van der Waals surface area contributed by atoms with Crippen molar-refractivity contribution in [2.24, 2.45) is 0 Å². The second-order valence-electron chi connectivity index (χ2n) is 7.46. The Morgan fingerprint density at radius 3 is 2.55 bits per heavy atom. The third-order valence-corrected chi connectivity index (χ3v) is 5.15. The maximum Gasteiger partial charge on any atom is 0.387 e. The lowest BCUT2D eigenvalue weighted by molar-refractivity contribution is -0.122. The molecule has 0 bridgehead atoms. The molecule has 1 fully saturated rings. The van der Waals surface area contributed by atoms with Crippen molar-refractivity contribution in [1.82, 2.24) is 9.55 Å². The van der Waals surface area contributed by atoms with Gasteiger partial charge in [0, 0.05) is 5.54 Å². The molecule has 29 heavy (non-hydrogen) atoms. The van der Waals surface area contributed by atoms with Gasteiger partial charge in [0.1, 0.15) is 24.5 Å². The van der Waals surface area contributed by atoms with Crippen LogP contribution < -0.4 is 10.1 Å². The topological polar surface area (TPSA) is 76.4 Å². The molecule has 0 radical (unpaired) electrons. The van der Waals surface area contributed by atoms with E-state index in [1.807, 2.05) is 0 Å². The summed E-state index contributed by atoms with van der Waals surface area (Å²) in [5.74, 6) is -2.77. The largest absolute Gasteiger partial charge is 0.432 e. The van der Waals surface area contributed by atoms with E-state index in [1.54, 1.807) is 6.92 Å². The summed E-state index contributed by atoms with van der Waals surface area (Å²) in [6.07, 6.45) is 1.17. The molecule has 2 aromatic rings. The highest BCUT2D eigenvalue weighted by atomic mass is 19.3. The minimum absolute atomic E-state index is 0.0822. The molecule has 1 aromatic carbocycles. The summed E-state index contributed by atoms with van der Waals surface area (Å²) in [4.78, 5) is 16.4. The first-order valence-electron chi connectivity index (χ1n) is 8.93. The highest BCUT2D eigenvalue weighted by Gasteiger charge is 2.39. The minimum Gasteiger partial charge on any atom is -0.432 e. The van der Waals surface area contributed by atoms with Gasteiger partial charge in [0.2, 0.25) is 11.9 Å². The number of ether oxygens (including phenoxy) is 1. The van der Waals surface area contributed by atoms with Gasteiger partial charge in [0.05, 0.1) is 11.9 Å². The Balaban J connectivity index is 2.04. The number of rotatable bonds is 8. The molecule has 1 aromatic heterocycles. The van der Waals surface area contributed by atoms with Crippen LogP contribution in [0.4, 0.5) is 27.9 Å². The summed E-state index contributed by atoms with van der Waals surface area (Å²) in [5, 5.41) is 12.0. The number of fused-ring (bicyclic) bond motifs is 1.